The first kappa shape index (κ1) is 39.7. The van der Waals surface area contributed by atoms with E-state index < -0.39 is 23.9 Å². The molecule has 6 bridgehead atoms. The molecule has 2 aliphatic heterocycles. The highest BCUT2D eigenvalue weighted by atomic mass is 35.5. The highest BCUT2D eigenvalue weighted by Crippen LogP contribution is 2.31. The van der Waals surface area contributed by atoms with Crippen LogP contribution >= 0.6 is 11.6 Å². The Balaban J connectivity index is 0.000000404. The zero-order valence-electron chi connectivity index (χ0n) is 28.7. The van der Waals surface area contributed by atoms with Crippen LogP contribution in [0.25, 0.3) is 0 Å². The number of hydrogen-bond acceptors (Lipinski definition) is 11. The van der Waals surface area contributed by atoms with Crippen molar-refractivity contribution < 1.29 is 50.0 Å². The van der Waals surface area contributed by atoms with E-state index in [1.54, 1.807) is 19.3 Å². The zero-order chi connectivity index (χ0) is 39.2. The molecule has 20 heteroatoms. The van der Waals surface area contributed by atoms with Gasteiger partial charge in [-0.1, -0.05) is 16.8 Å². The number of pyridine rings is 1. The van der Waals surface area contributed by atoms with Gasteiger partial charge in [-0.15, -0.1) is 0 Å². The predicted octanol–water partition coefficient (Wildman–Crippen LogP) is 7.68. The second kappa shape index (κ2) is 16.7. The second-order valence-electron chi connectivity index (χ2n) is 12.4. The standard InChI is InChI=1S/C30H33ClN8O3.C4F6O2/c1-18-27(19(2)42-38-18)36-30(40)39-10-7-20(8-11-39)9-12-41-26-6-5-23-14-22(26)4-3-21-13-24(16-32-15-21)35-29-33-17-25(31)28(34-23)37-29;5-3(6,7)1(11)2(12)4(8,9)10/h5-6,13-17,20H,3-4,7-12H2,1-2H3,(H,36,40)(H2,33,34,35,37);. The maximum Gasteiger partial charge on any atom is 0.458 e. The topological polar surface area (TPSA) is 164 Å². The first-order chi connectivity index (χ1) is 25.5. The number of urea groups is 1. The van der Waals surface area contributed by atoms with Gasteiger partial charge >= 0.3 is 30.0 Å². The van der Waals surface area contributed by atoms with Gasteiger partial charge in [-0.05, 0) is 87.3 Å². The lowest BCUT2D eigenvalue weighted by atomic mass is 9.94. The molecule has 0 aliphatic carbocycles. The van der Waals surface area contributed by atoms with Crippen LogP contribution in [0.3, 0.4) is 0 Å². The molecule has 1 fully saturated rings. The third-order valence-corrected chi connectivity index (χ3v) is 8.75. The van der Waals surface area contributed by atoms with Crippen LogP contribution < -0.4 is 20.7 Å². The van der Waals surface area contributed by atoms with E-state index in [0.717, 1.165) is 60.4 Å². The van der Waals surface area contributed by atoms with E-state index in [1.807, 2.05) is 30.2 Å². The number of likely N-dealkylation sites (tertiary alicyclic amines) is 1. The van der Waals surface area contributed by atoms with Crippen molar-refractivity contribution in [2.45, 2.75) is 58.3 Å². The summed E-state index contributed by atoms with van der Waals surface area (Å²) < 4.78 is 78.5. The minimum atomic E-state index is -5.77. The van der Waals surface area contributed by atoms with Crippen molar-refractivity contribution in [1.82, 2.24) is 25.0 Å². The van der Waals surface area contributed by atoms with E-state index in [9.17, 15) is 40.7 Å². The fourth-order valence-electron chi connectivity index (χ4n) is 5.61. The van der Waals surface area contributed by atoms with Crippen molar-refractivity contribution in [3.05, 3.63) is 70.5 Å². The summed E-state index contributed by atoms with van der Waals surface area (Å²) in [6, 6.07) is 8.01. The quantitative estimate of drug-likeness (QED) is 0.130. The number of ether oxygens (including phenoxy) is 1. The van der Waals surface area contributed by atoms with Crippen LogP contribution in [0.15, 0.2) is 47.4 Å². The number of carbonyl (C=O) groups is 3. The van der Waals surface area contributed by atoms with Gasteiger partial charge in [0.1, 0.15) is 22.2 Å². The lowest BCUT2D eigenvalue weighted by Crippen LogP contribution is -2.41. The normalized spacial score (nSPS) is 14.5. The zero-order valence-corrected chi connectivity index (χ0v) is 29.5. The summed E-state index contributed by atoms with van der Waals surface area (Å²) in [5.41, 5.74) is 5.22. The Morgan fingerprint density at radius 2 is 1.67 bits per heavy atom. The molecule has 1 aromatic carbocycles. The highest BCUT2D eigenvalue weighted by molar-refractivity contribution is 6.41. The highest BCUT2D eigenvalue weighted by Gasteiger charge is 2.54. The molecule has 5 heterocycles. The van der Waals surface area contributed by atoms with Crippen LogP contribution in [0.2, 0.25) is 5.02 Å². The van der Waals surface area contributed by atoms with Crippen LogP contribution in [-0.4, -0.2) is 74.7 Å². The van der Waals surface area contributed by atoms with E-state index >= 15 is 0 Å². The molecule has 288 valence electrons. The number of piperidine rings is 1. The third-order valence-electron chi connectivity index (χ3n) is 8.47. The number of fused-ring (bicyclic) bond motifs is 6. The van der Waals surface area contributed by atoms with E-state index in [1.165, 1.54) is 0 Å². The predicted molar refractivity (Wildman–Crippen MR) is 183 cm³/mol. The average Bonchev–Trinajstić information content (AvgIpc) is 3.44. The van der Waals surface area contributed by atoms with Gasteiger partial charge in [0.2, 0.25) is 5.95 Å². The summed E-state index contributed by atoms with van der Waals surface area (Å²) in [6.07, 6.45) is -1.96. The Morgan fingerprint density at radius 3 is 2.31 bits per heavy atom. The van der Waals surface area contributed by atoms with E-state index in [4.69, 9.17) is 20.9 Å². The Hall–Kier alpha value is -5.46. The van der Waals surface area contributed by atoms with Gasteiger partial charge < -0.3 is 30.1 Å². The van der Waals surface area contributed by atoms with Crippen LogP contribution in [-0.2, 0) is 22.4 Å². The number of benzene rings is 1. The fourth-order valence-corrected chi connectivity index (χ4v) is 5.75. The van der Waals surface area contributed by atoms with Gasteiger partial charge in [0.15, 0.2) is 11.6 Å². The first-order valence-corrected chi connectivity index (χ1v) is 16.8. The summed E-state index contributed by atoms with van der Waals surface area (Å²) >= 11 is 6.39. The van der Waals surface area contributed by atoms with E-state index in [0.29, 0.717) is 59.5 Å². The molecule has 2 aliphatic rings. The number of alkyl halides is 6. The Bertz CT molecular complexity index is 1960. The number of nitrogens with one attached hydrogen (secondary N) is 3. The average molecular weight is 783 g/mol. The summed E-state index contributed by atoms with van der Waals surface area (Å²) in [5, 5.41) is 13.8. The number of aryl methyl sites for hydroxylation is 4. The van der Waals surface area contributed by atoms with Gasteiger partial charge in [0.25, 0.3) is 0 Å². The largest absolute Gasteiger partial charge is 0.493 e. The monoisotopic (exact) mass is 782 g/mol. The Kier molecular flexibility index (Phi) is 12.3. The van der Waals surface area contributed by atoms with Gasteiger partial charge in [-0.25, -0.2) is 9.78 Å². The number of ketones is 2. The third kappa shape index (κ3) is 10.4. The molecule has 0 saturated carbocycles. The summed E-state index contributed by atoms with van der Waals surface area (Å²) in [7, 11) is 0. The number of anilines is 5. The molecule has 2 amide bonds. The maximum absolute atomic E-state index is 12.8. The fraction of sp³-hybridized carbons (Fsp3) is 0.382. The minimum absolute atomic E-state index is 0.108. The SMILES string of the molecule is Cc1noc(C)c1NC(=O)N1CCC(CCOc2ccc3cc2CCc2cncc(c2)Nc2ncc(Cl)c(n2)N3)CC1.O=C(C(=O)C(F)(F)F)C(F)(F)F. The number of aromatic nitrogens is 4. The molecule has 0 atom stereocenters. The van der Waals surface area contributed by atoms with Crippen LogP contribution in [0, 0.1) is 19.8 Å². The molecular formula is C34H33ClF6N8O5. The number of carbonyl (C=O) groups excluding carboxylic acids is 3. The van der Waals surface area contributed by atoms with Crippen molar-refractivity contribution in [2.75, 3.05) is 35.6 Å². The molecule has 3 aromatic heterocycles. The molecular weight excluding hydrogens is 750 g/mol. The summed E-state index contributed by atoms with van der Waals surface area (Å²) in [4.78, 5) is 47.1. The first-order valence-electron chi connectivity index (χ1n) is 16.5. The minimum Gasteiger partial charge on any atom is -0.493 e. The van der Waals surface area contributed by atoms with Gasteiger partial charge in [0.05, 0.1) is 24.7 Å². The molecule has 0 spiro atoms. The number of amides is 2. The lowest BCUT2D eigenvalue weighted by Gasteiger charge is -2.32. The Labute approximate surface area is 308 Å². The molecule has 0 radical (unpaired) electrons. The van der Waals surface area contributed by atoms with E-state index in [2.05, 4.69) is 48.2 Å². The van der Waals surface area contributed by atoms with Crippen molar-refractivity contribution in [3.63, 3.8) is 0 Å². The smallest absolute Gasteiger partial charge is 0.458 e. The second-order valence-corrected chi connectivity index (χ2v) is 12.8. The van der Waals surface area contributed by atoms with Crippen molar-refractivity contribution in [1.29, 1.82) is 0 Å². The van der Waals surface area contributed by atoms with E-state index in [-0.39, 0.29) is 6.03 Å². The Morgan fingerprint density at radius 1 is 0.963 bits per heavy atom. The summed E-state index contributed by atoms with van der Waals surface area (Å²) in [5.74, 6) is -3.89. The van der Waals surface area contributed by atoms with Crippen molar-refractivity contribution >= 4 is 58.0 Å². The van der Waals surface area contributed by atoms with Gasteiger partial charge in [-0.2, -0.15) is 31.3 Å². The summed E-state index contributed by atoms with van der Waals surface area (Å²) in [6.45, 7) is 5.64. The number of rotatable bonds is 6. The van der Waals surface area contributed by atoms with Gasteiger partial charge in [0, 0.05) is 25.0 Å². The van der Waals surface area contributed by atoms with Crippen LogP contribution in [0.4, 0.5) is 60.0 Å². The lowest BCUT2D eigenvalue weighted by molar-refractivity contribution is -0.193. The number of halogens is 7. The maximum atomic E-state index is 12.8. The number of nitrogens with zero attached hydrogens (tertiary/aromatic N) is 5. The molecule has 6 rings (SSSR count). The number of hydrogen-bond donors (Lipinski definition) is 3. The van der Waals surface area contributed by atoms with Crippen LogP contribution in [0.5, 0.6) is 5.75 Å². The van der Waals surface area contributed by atoms with Gasteiger partial charge in [-0.3, -0.25) is 14.6 Å². The van der Waals surface area contributed by atoms with Crippen molar-refractivity contribution in [3.8, 4) is 5.75 Å². The van der Waals surface area contributed by atoms with Crippen molar-refractivity contribution in [2.24, 2.45) is 5.92 Å². The molecule has 54 heavy (non-hydrogen) atoms. The molecule has 1 saturated heterocycles. The molecule has 0 unspecified atom stereocenters. The molecule has 4 aromatic rings. The number of Topliss-reactive ketones (excluding diaryl/α,β-unsaturated/α-hetero) is 2. The van der Waals surface area contributed by atoms with Crippen LogP contribution in [0.1, 0.15) is 41.8 Å². The molecule has 13 nitrogen and oxygen atoms in total. The molecule has 3 N–H and O–H groups in total.